The topological polar surface area (TPSA) is 65.5 Å². The lowest BCUT2D eigenvalue weighted by molar-refractivity contribution is -0.137. The van der Waals surface area contributed by atoms with Crippen molar-refractivity contribution in [1.29, 1.82) is 0 Å². The molecule has 6 nitrogen and oxygen atoms in total. The molecule has 3 heterocycles. The number of aryl methyl sites for hydroxylation is 1. The Bertz CT molecular complexity index is 896. The number of likely N-dealkylation sites (tertiary alicyclic amines) is 2. The van der Waals surface area contributed by atoms with Gasteiger partial charge < -0.3 is 10.2 Å². The van der Waals surface area contributed by atoms with Gasteiger partial charge in [0.25, 0.3) is 0 Å². The van der Waals surface area contributed by atoms with E-state index < -0.39 is 0 Å². The van der Waals surface area contributed by atoms with Crippen LogP contribution < -0.4 is 5.32 Å². The van der Waals surface area contributed by atoms with Crippen LogP contribution in [0.3, 0.4) is 0 Å². The summed E-state index contributed by atoms with van der Waals surface area (Å²) in [6.07, 6.45) is 6.44. The normalized spacial score (nSPS) is 18.5. The molecule has 0 bridgehead atoms. The quantitative estimate of drug-likeness (QED) is 0.758. The number of anilines is 1. The summed E-state index contributed by atoms with van der Waals surface area (Å²) in [6, 6.07) is 7.83. The van der Waals surface area contributed by atoms with E-state index in [-0.39, 0.29) is 11.8 Å². The summed E-state index contributed by atoms with van der Waals surface area (Å²) in [6.45, 7) is 5.79. The molecule has 0 aliphatic carbocycles. The number of carbonyl (C=O) groups excluding carboxylic acids is 2. The van der Waals surface area contributed by atoms with Crippen LogP contribution >= 0.6 is 11.3 Å². The maximum atomic E-state index is 12.9. The summed E-state index contributed by atoms with van der Waals surface area (Å²) in [5.41, 5.74) is 2.74. The second-order valence-corrected chi connectivity index (χ2v) is 9.73. The molecule has 0 spiro atoms. The maximum absolute atomic E-state index is 12.9. The molecule has 31 heavy (non-hydrogen) atoms. The van der Waals surface area contributed by atoms with Crippen LogP contribution in [0.2, 0.25) is 0 Å². The van der Waals surface area contributed by atoms with Gasteiger partial charge in [-0.3, -0.25) is 14.5 Å². The van der Waals surface area contributed by atoms with Crippen LogP contribution in [0.4, 0.5) is 5.69 Å². The summed E-state index contributed by atoms with van der Waals surface area (Å²) in [7, 11) is 0. The Morgan fingerprint density at radius 3 is 2.52 bits per heavy atom. The lowest BCUT2D eigenvalue weighted by atomic mass is 9.95. The Kier molecular flexibility index (Phi) is 7.35. The van der Waals surface area contributed by atoms with E-state index in [0.717, 1.165) is 73.8 Å². The van der Waals surface area contributed by atoms with Gasteiger partial charge in [0.05, 0.1) is 17.2 Å². The molecule has 0 atom stereocenters. The minimum atomic E-state index is -0.0103. The van der Waals surface area contributed by atoms with E-state index in [2.05, 4.69) is 20.1 Å². The Morgan fingerprint density at radius 1 is 1.10 bits per heavy atom. The van der Waals surface area contributed by atoms with Gasteiger partial charge in [0.2, 0.25) is 11.8 Å². The minimum absolute atomic E-state index is 0.0103. The molecule has 2 aliphatic rings. The van der Waals surface area contributed by atoms with Crippen LogP contribution in [0.5, 0.6) is 0 Å². The predicted molar refractivity (Wildman–Crippen MR) is 125 cm³/mol. The van der Waals surface area contributed by atoms with Crippen LogP contribution in [0.1, 0.15) is 43.5 Å². The van der Waals surface area contributed by atoms with Crippen LogP contribution in [0.15, 0.2) is 29.6 Å². The number of benzene rings is 1. The molecule has 166 valence electrons. The smallest absolute Gasteiger partial charge is 0.238 e. The SMILES string of the molecule is Cc1nc(-c2cccc(NC(=O)CN3CCC(C(=O)N4CCCCCC4)CC3)c2)cs1. The second kappa shape index (κ2) is 10.4. The van der Waals surface area contributed by atoms with Crippen LogP contribution in [-0.2, 0) is 9.59 Å². The molecule has 0 radical (unpaired) electrons. The molecule has 2 aliphatic heterocycles. The van der Waals surface area contributed by atoms with Crippen molar-refractivity contribution in [1.82, 2.24) is 14.8 Å². The fourth-order valence-corrected chi connectivity index (χ4v) is 5.17. The highest BCUT2D eigenvalue weighted by molar-refractivity contribution is 7.09. The zero-order chi connectivity index (χ0) is 21.6. The van der Waals surface area contributed by atoms with Crippen molar-refractivity contribution in [3.8, 4) is 11.3 Å². The number of rotatable bonds is 5. The summed E-state index contributed by atoms with van der Waals surface area (Å²) in [5, 5.41) is 6.08. The first-order chi connectivity index (χ1) is 15.1. The van der Waals surface area contributed by atoms with Gasteiger partial charge in [-0.2, -0.15) is 0 Å². The first kappa shape index (κ1) is 22.0. The molecule has 7 heteroatoms. The van der Waals surface area contributed by atoms with Crippen LogP contribution in [0.25, 0.3) is 11.3 Å². The molecule has 2 amide bonds. The summed E-state index contributed by atoms with van der Waals surface area (Å²) >= 11 is 1.62. The molecular weight excluding hydrogens is 408 g/mol. The summed E-state index contributed by atoms with van der Waals surface area (Å²) in [5.74, 6) is 0.444. The molecule has 4 rings (SSSR count). The zero-order valence-corrected chi connectivity index (χ0v) is 19.1. The van der Waals surface area contributed by atoms with E-state index >= 15 is 0 Å². The minimum Gasteiger partial charge on any atom is -0.342 e. The van der Waals surface area contributed by atoms with Crippen molar-refractivity contribution < 1.29 is 9.59 Å². The molecule has 2 aromatic rings. The molecule has 2 saturated heterocycles. The van der Waals surface area contributed by atoms with E-state index in [9.17, 15) is 9.59 Å². The van der Waals surface area contributed by atoms with Gasteiger partial charge in [0.1, 0.15) is 0 Å². The Labute approximate surface area is 188 Å². The molecule has 1 aromatic carbocycles. The first-order valence-corrected chi connectivity index (χ1v) is 12.3. The average molecular weight is 441 g/mol. The fraction of sp³-hybridized carbons (Fsp3) is 0.542. The molecule has 1 aromatic heterocycles. The van der Waals surface area contributed by atoms with E-state index in [1.54, 1.807) is 11.3 Å². The summed E-state index contributed by atoms with van der Waals surface area (Å²) < 4.78 is 0. The zero-order valence-electron chi connectivity index (χ0n) is 18.3. The lowest BCUT2D eigenvalue weighted by Gasteiger charge is -2.33. The number of thiazole rings is 1. The molecule has 1 N–H and O–H groups in total. The second-order valence-electron chi connectivity index (χ2n) is 8.67. The molecule has 2 fully saturated rings. The van der Waals surface area contributed by atoms with Crippen LogP contribution in [0, 0.1) is 12.8 Å². The Morgan fingerprint density at radius 2 is 1.84 bits per heavy atom. The van der Waals surface area contributed by atoms with E-state index in [1.165, 1.54) is 12.8 Å². The monoisotopic (exact) mass is 440 g/mol. The van der Waals surface area contributed by atoms with E-state index in [1.807, 2.05) is 36.6 Å². The van der Waals surface area contributed by atoms with Gasteiger partial charge in [-0.25, -0.2) is 4.98 Å². The number of nitrogens with one attached hydrogen (secondary N) is 1. The van der Waals surface area contributed by atoms with Crippen molar-refractivity contribution in [3.63, 3.8) is 0 Å². The maximum Gasteiger partial charge on any atom is 0.238 e. The number of piperidine rings is 1. The van der Waals surface area contributed by atoms with Gasteiger partial charge in [-0.1, -0.05) is 25.0 Å². The number of carbonyl (C=O) groups is 2. The van der Waals surface area contributed by atoms with Crippen molar-refractivity contribution in [2.75, 3.05) is 38.0 Å². The van der Waals surface area contributed by atoms with Crippen molar-refractivity contribution in [2.24, 2.45) is 5.92 Å². The van der Waals surface area contributed by atoms with Gasteiger partial charge >= 0.3 is 0 Å². The van der Waals surface area contributed by atoms with Crippen LogP contribution in [-0.4, -0.2) is 59.3 Å². The lowest BCUT2D eigenvalue weighted by Crippen LogP contribution is -2.44. The number of nitrogens with zero attached hydrogens (tertiary/aromatic N) is 3. The summed E-state index contributed by atoms with van der Waals surface area (Å²) in [4.78, 5) is 34.2. The highest BCUT2D eigenvalue weighted by Crippen LogP contribution is 2.25. The highest BCUT2D eigenvalue weighted by Gasteiger charge is 2.29. The average Bonchev–Trinajstić information content (AvgIpc) is 3.03. The third-order valence-electron chi connectivity index (χ3n) is 6.28. The van der Waals surface area contributed by atoms with E-state index in [0.29, 0.717) is 12.5 Å². The highest BCUT2D eigenvalue weighted by atomic mass is 32.1. The van der Waals surface area contributed by atoms with Crippen molar-refractivity contribution in [2.45, 2.75) is 45.4 Å². The largest absolute Gasteiger partial charge is 0.342 e. The molecular formula is C24H32N4O2S. The van der Waals surface area contributed by atoms with Gasteiger partial charge in [0, 0.05) is 35.6 Å². The third kappa shape index (κ3) is 5.92. The number of hydrogen-bond acceptors (Lipinski definition) is 5. The predicted octanol–water partition coefficient (Wildman–Crippen LogP) is 4.17. The van der Waals surface area contributed by atoms with E-state index in [4.69, 9.17) is 0 Å². The Balaban J connectivity index is 1.25. The van der Waals surface area contributed by atoms with Crippen molar-refractivity contribution >= 4 is 28.8 Å². The van der Waals surface area contributed by atoms with Gasteiger partial charge in [-0.05, 0) is 57.8 Å². The first-order valence-electron chi connectivity index (χ1n) is 11.4. The van der Waals surface area contributed by atoms with Gasteiger partial charge in [-0.15, -0.1) is 11.3 Å². The molecule has 0 saturated carbocycles. The van der Waals surface area contributed by atoms with Gasteiger partial charge in [0.15, 0.2) is 0 Å². The Hall–Kier alpha value is -2.25. The number of amides is 2. The van der Waals surface area contributed by atoms with Crippen molar-refractivity contribution in [3.05, 3.63) is 34.7 Å². The fourth-order valence-electron chi connectivity index (χ4n) is 4.54. The number of aromatic nitrogens is 1. The standard InChI is InChI=1S/C24H32N4O2S/c1-18-25-22(17-31-18)20-7-6-8-21(15-20)26-23(29)16-27-13-9-19(10-14-27)24(30)28-11-4-2-3-5-12-28/h6-8,15,17,19H,2-5,9-14,16H2,1H3,(H,26,29). The molecule has 0 unspecified atom stereocenters. The third-order valence-corrected chi connectivity index (χ3v) is 7.06. The number of hydrogen-bond donors (Lipinski definition) is 1.